The largest absolute Gasteiger partial charge is 0.481 e. The summed E-state index contributed by atoms with van der Waals surface area (Å²) in [6, 6.07) is 7.98. The van der Waals surface area contributed by atoms with E-state index in [1.807, 2.05) is 12.1 Å². The molecule has 5 nitrogen and oxygen atoms in total. The maximum absolute atomic E-state index is 12.8. The first-order valence-corrected chi connectivity index (χ1v) is 10.7. The third-order valence-electron chi connectivity index (χ3n) is 4.45. The molecule has 3 rings (SSSR count). The molecule has 0 radical (unpaired) electrons. The number of thioether (sulfide) groups is 1. The van der Waals surface area contributed by atoms with Gasteiger partial charge in [-0.05, 0) is 11.5 Å². The lowest BCUT2D eigenvalue weighted by Gasteiger charge is -2.34. The fourth-order valence-corrected chi connectivity index (χ4v) is 4.82. The number of hydrogen-bond donors (Lipinski definition) is 1. The van der Waals surface area contributed by atoms with Crippen LogP contribution in [0.1, 0.15) is 42.2 Å². The van der Waals surface area contributed by atoms with Crippen LogP contribution in [0.3, 0.4) is 0 Å². The zero-order valence-corrected chi connectivity index (χ0v) is 16.5. The number of carbonyl (C=O) groups excluding carboxylic acids is 1. The number of aromatic nitrogens is 1. The Balaban J connectivity index is 1.77. The van der Waals surface area contributed by atoms with Crippen molar-refractivity contribution in [3.63, 3.8) is 0 Å². The summed E-state index contributed by atoms with van der Waals surface area (Å²) in [7, 11) is 0. The first-order chi connectivity index (χ1) is 12.5. The highest BCUT2D eigenvalue weighted by atomic mass is 32.2. The Morgan fingerprint density at radius 2 is 2.04 bits per heavy atom. The number of carboxylic acids is 1. The monoisotopic (exact) mass is 390 g/mol. The number of thiazole rings is 1. The predicted octanol–water partition coefficient (Wildman–Crippen LogP) is 3.97. The first-order valence-electron chi connectivity index (χ1n) is 8.62. The highest BCUT2D eigenvalue weighted by Gasteiger charge is 2.30. The van der Waals surface area contributed by atoms with Crippen LogP contribution < -0.4 is 0 Å². The molecule has 0 spiro atoms. The number of carbonyl (C=O) groups is 2. The Bertz CT molecular complexity index is 786. The second-order valence-electron chi connectivity index (χ2n) is 6.64. The number of hydrogen-bond acceptors (Lipinski definition) is 5. The van der Waals surface area contributed by atoms with Crippen molar-refractivity contribution in [2.24, 2.45) is 0 Å². The molecule has 26 heavy (non-hydrogen) atoms. The van der Waals surface area contributed by atoms with Crippen molar-refractivity contribution in [3.05, 3.63) is 40.9 Å². The smallest absolute Gasteiger partial charge is 0.305 e. The van der Waals surface area contributed by atoms with E-state index in [9.17, 15) is 9.59 Å². The van der Waals surface area contributed by atoms with Crippen molar-refractivity contribution >= 4 is 35.0 Å². The number of aliphatic carboxylic acids is 1. The minimum absolute atomic E-state index is 0.0214. The number of nitrogens with zero attached hydrogens (tertiary/aromatic N) is 2. The van der Waals surface area contributed by atoms with Gasteiger partial charge in [0.15, 0.2) is 0 Å². The van der Waals surface area contributed by atoms with Gasteiger partial charge in [0.2, 0.25) is 0 Å². The number of amides is 1. The maximum Gasteiger partial charge on any atom is 0.305 e. The van der Waals surface area contributed by atoms with Crippen LogP contribution in [0.2, 0.25) is 0 Å². The zero-order valence-electron chi connectivity index (χ0n) is 14.8. The fraction of sp³-hybridized carbons (Fsp3) is 0.421. The lowest BCUT2D eigenvalue weighted by atomic mass is 10.0. The van der Waals surface area contributed by atoms with Crippen LogP contribution in [0.4, 0.5) is 0 Å². The average Bonchev–Trinajstić information content (AvgIpc) is 3.11. The van der Waals surface area contributed by atoms with Gasteiger partial charge in [0.1, 0.15) is 10.7 Å². The summed E-state index contributed by atoms with van der Waals surface area (Å²) in [5.41, 5.74) is 2.67. The Labute approximate surface area is 161 Å². The molecule has 1 aromatic heterocycles. The van der Waals surface area contributed by atoms with Crippen molar-refractivity contribution in [3.8, 4) is 10.6 Å². The molecule has 1 aliphatic rings. The molecule has 1 fully saturated rings. The summed E-state index contributed by atoms with van der Waals surface area (Å²) in [6.07, 6.45) is -0.0214. The molecule has 0 bridgehead atoms. The summed E-state index contributed by atoms with van der Waals surface area (Å²) in [4.78, 5) is 30.1. The molecule has 0 saturated carbocycles. The molecular weight excluding hydrogens is 368 g/mol. The minimum atomic E-state index is -0.875. The maximum atomic E-state index is 12.8. The summed E-state index contributed by atoms with van der Waals surface area (Å²) < 4.78 is 0. The summed E-state index contributed by atoms with van der Waals surface area (Å²) in [5.74, 6) is 0.916. The summed E-state index contributed by atoms with van der Waals surface area (Å²) in [5, 5.41) is 11.7. The normalized spacial score (nSPS) is 17.5. The van der Waals surface area contributed by atoms with Gasteiger partial charge in [-0.3, -0.25) is 9.59 Å². The fourth-order valence-electron chi connectivity index (χ4n) is 2.96. The molecule has 1 aromatic carbocycles. The van der Waals surface area contributed by atoms with Crippen molar-refractivity contribution in [2.45, 2.75) is 32.2 Å². The van der Waals surface area contributed by atoms with Crippen molar-refractivity contribution in [2.75, 3.05) is 18.1 Å². The lowest BCUT2D eigenvalue weighted by Crippen LogP contribution is -2.47. The topological polar surface area (TPSA) is 70.5 Å². The highest BCUT2D eigenvalue weighted by Crippen LogP contribution is 2.27. The molecular formula is C19H22N2O3S2. The molecule has 7 heteroatoms. The molecule has 2 heterocycles. The van der Waals surface area contributed by atoms with Gasteiger partial charge in [-0.1, -0.05) is 38.1 Å². The molecule has 1 atom stereocenters. The van der Waals surface area contributed by atoms with E-state index < -0.39 is 5.97 Å². The van der Waals surface area contributed by atoms with Crippen LogP contribution in [0, 0.1) is 0 Å². The van der Waals surface area contributed by atoms with Crippen LogP contribution in [0.5, 0.6) is 0 Å². The molecule has 1 saturated heterocycles. The number of benzene rings is 1. The van der Waals surface area contributed by atoms with E-state index in [1.54, 1.807) is 22.0 Å². The molecule has 1 N–H and O–H groups in total. The Hall–Kier alpha value is -1.86. The molecule has 0 aliphatic carbocycles. The molecule has 1 unspecified atom stereocenters. The van der Waals surface area contributed by atoms with E-state index in [2.05, 4.69) is 31.0 Å². The number of carboxylic acid groups (broad SMARTS) is 1. The highest BCUT2D eigenvalue weighted by molar-refractivity contribution is 7.99. The van der Waals surface area contributed by atoms with Crippen molar-refractivity contribution < 1.29 is 14.7 Å². The molecule has 138 valence electrons. The Morgan fingerprint density at radius 1 is 1.31 bits per heavy atom. The predicted molar refractivity (Wildman–Crippen MR) is 106 cm³/mol. The second-order valence-corrected chi connectivity index (χ2v) is 8.65. The summed E-state index contributed by atoms with van der Waals surface area (Å²) >= 11 is 3.14. The molecule has 1 aliphatic heterocycles. The van der Waals surface area contributed by atoms with Crippen LogP contribution in [-0.2, 0) is 4.79 Å². The number of rotatable bonds is 5. The van der Waals surface area contributed by atoms with Gasteiger partial charge in [-0.15, -0.1) is 11.3 Å². The summed E-state index contributed by atoms with van der Waals surface area (Å²) in [6.45, 7) is 4.87. The van der Waals surface area contributed by atoms with E-state index in [4.69, 9.17) is 5.11 Å². The van der Waals surface area contributed by atoms with Crippen LogP contribution in [0.25, 0.3) is 10.6 Å². The average molecular weight is 391 g/mol. The van der Waals surface area contributed by atoms with Crippen molar-refractivity contribution in [1.29, 1.82) is 0 Å². The van der Waals surface area contributed by atoms with Gasteiger partial charge in [-0.2, -0.15) is 11.8 Å². The van der Waals surface area contributed by atoms with E-state index in [0.29, 0.717) is 23.9 Å². The van der Waals surface area contributed by atoms with E-state index >= 15 is 0 Å². The molecule has 2 aromatic rings. The van der Waals surface area contributed by atoms with Gasteiger partial charge in [0.25, 0.3) is 5.91 Å². The van der Waals surface area contributed by atoms with Gasteiger partial charge < -0.3 is 10.0 Å². The zero-order chi connectivity index (χ0) is 18.7. The van der Waals surface area contributed by atoms with E-state index in [0.717, 1.165) is 16.3 Å². The third-order valence-corrected chi connectivity index (χ3v) is 6.43. The standard InChI is InChI=1S/C19H22N2O3S2/c1-12(2)13-3-5-14(6-4-13)18-20-16(11-26-18)19(24)21-7-8-25-10-15(21)9-17(22)23/h3-6,11-12,15H,7-10H2,1-2H3,(H,22,23). The Kier molecular flexibility index (Phi) is 5.98. The van der Waals surface area contributed by atoms with Crippen LogP contribution >= 0.6 is 23.1 Å². The second kappa shape index (κ2) is 8.22. The van der Waals surface area contributed by atoms with Gasteiger partial charge in [0, 0.05) is 29.0 Å². The van der Waals surface area contributed by atoms with Crippen LogP contribution in [0.15, 0.2) is 29.6 Å². The minimum Gasteiger partial charge on any atom is -0.481 e. The van der Waals surface area contributed by atoms with Gasteiger partial charge in [-0.25, -0.2) is 4.98 Å². The quantitative estimate of drug-likeness (QED) is 0.837. The third kappa shape index (κ3) is 4.27. The van der Waals surface area contributed by atoms with E-state index in [1.165, 1.54) is 16.9 Å². The first kappa shape index (κ1) is 18.9. The SMILES string of the molecule is CC(C)c1ccc(-c2nc(C(=O)N3CCSCC3CC(=O)O)cs2)cc1. The van der Waals surface area contributed by atoms with Gasteiger partial charge >= 0.3 is 5.97 Å². The van der Waals surface area contributed by atoms with Crippen molar-refractivity contribution in [1.82, 2.24) is 9.88 Å². The molecule has 1 amide bonds. The lowest BCUT2D eigenvalue weighted by molar-refractivity contribution is -0.138. The Morgan fingerprint density at radius 3 is 2.69 bits per heavy atom. The van der Waals surface area contributed by atoms with Crippen LogP contribution in [-0.4, -0.2) is 51.0 Å². The van der Waals surface area contributed by atoms with Gasteiger partial charge in [0.05, 0.1) is 12.5 Å². The van der Waals surface area contributed by atoms with E-state index in [-0.39, 0.29) is 18.4 Å².